The minimum atomic E-state index is -4.87. The zero-order chi connectivity index (χ0) is 11.2. The minimum absolute atomic E-state index is 0.0621. The predicted molar refractivity (Wildman–Crippen MR) is 44.7 cm³/mol. The van der Waals surface area contributed by atoms with Crippen LogP contribution in [0.3, 0.4) is 0 Å². The first-order chi connectivity index (χ1) is 6.37. The molecule has 0 aliphatic heterocycles. The number of hydrogen-bond donors (Lipinski definition) is 2. The Morgan fingerprint density at radius 1 is 1.64 bits per heavy atom. The van der Waals surface area contributed by atoms with Gasteiger partial charge in [-0.3, -0.25) is 4.79 Å². The number of thioether (sulfide) groups is 1. The molecule has 4 nitrogen and oxygen atoms in total. The van der Waals surface area contributed by atoms with Gasteiger partial charge in [-0.15, -0.1) is 13.2 Å². The summed E-state index contributed by atoms with van der Waals surface area (Å²) in [6.45, 7) is 0. The SMILES string of the molecule is CSCCC(NOC(F)(F)F)C(=O)O. The molecule has 0 heterocycles. The first-order valence-corrected chi connectivity index (χ1v) is 4.98. The van der Waals surface area contributed by atoms with Gasteiger partial charge in [0, 0.05) is 0 Å². The monoisotopic (exact) mass is 233 g/mol. The summed E-state index contributed by atoms with van der Waals surface area (Å²) >= 11 is 1.34. The fraction of sp³-hybridized carbons (Fsp3) is 0.833. The second kappa shape index (κ2) is 6.10. The first-order valence-electron chi connectivity index (χ1n) is 3.59. The second-order valence-corrected chi connectivity index (χ2v) is 3.32. The number of alkyl halides is 3. The molecule has 2 N–H and O–H groups in total. The van der Waals surface area contributed by atoms with Gasteiger partial charge in [0.25, 0.3) is 0 Å². The fourth-order valence-electron chi connectivity index (χ4n) is 0.606. The Morgan fingerprint density at radius 3 is 2.57 bits per heavy atom. The smallest absolute Gasteiger partial charge is 0.480 e. The molecule has 1 unspecified atom stereocenters. The van der Waals surface area contributed by atoms with E-state index >= 15 is 0 Å². The van der Waals surface area contributed by atoms with E-state index in [1.165, 1.54) is 17.2 Å². The molecule has 0 amide bonds. The van der Waals surface area contributed by atoms with E-state index in [0.29, 0.717) is 5.75 Å². The Hall–Kier alpha value is -0.470. The summed E-state index contributed by atoms with van der Waals surface area (Å²) in [5, 5.41) is 8.48. The average molecular weight is 233 g/mol. The van der Waals surface area contributed by atoms with E-state index in [1.807, 2.05) is 0 Å². The highest BCUT2D eigenvalue weighted by Gasteiger charge is 2.32. The zero-order valence-corrected chi connectivity index (χ0v) is 8.11. The molecule has 0 saturated carbocycles. The van der Waals surface area contributed by atoms with Crippen molar-refractivity contribution < 1.29 is 27.9 Å². The molecule has 0 saturated heterocycles. The van der Waals surface area contributed by atoms with Gasteiger partial charge in [-0.2, -0.15) is 17.2 Å². The molecule has 0 bridgehead atoms. The predicted octanol–water partition coefficient (Wildman–Crippen LogP) is 1.23. The largest absolute Gasteiger partial charge is 0.538 e. The number of hydrogen-bond acceptors (Lipinski definition) is 4. The first kappa shape index (κ1) is 13.5. The number of nitrogens with one attached hydrogen (secondary N) is 1. The van der Waals surface area contributed by atoms with Crippen LogP contribution in [0.4, 0.5) is 13.2 Å². The van der Waals surface area contributed by atoms with Gasteiger partial charge >= 0.3 is 12.3 Å². The molecule has 0 aliphatic rings. The highest BCUT2D eigenvalue weighted by molar-refractivity contribution is 7.98. The van der Waals surface area contributed by atoms with Crippen molar-refractivity contribution in [3.05, 3.63) is 0 Å². The molecule has 0 aliphatic carbocycles. The number of aliphatic carboxylic acids is 1. The summed E-state index contributed by atoms with van der Waals surface area (Å²) in [5.74, 6) is -0.936. The lowest BCUT2D eigenvalue weighted by Gasteiger charge is -2.14. The number of carboxylic acid groups (broad SMARTS) is 1. The lowest BCUT2D eigenvalue weighted by atomic mass is 10.2. The van der Waals surface area contributed by atoms with Crippen molar-refractivity contribution in [1.29, 1.82) is 0 Å². The summed E-state index contributed by atoms with van der Waals surface area (Å²) in [4.78, 5) is 13.6. The molecule has 1 atom stereocenters. The summed E-state index contributed by atoms with van der Waals surface area (Å²) in [5.41, 5.74) is 1.46. The minimum Gasteiger partial charge on any atom is -0.480 e. The Balaban J connectivity index is 3.91. The summed E-state index contributed by atoms with van der Waals surface area (Å²) in [6.07, 6.45) is -3.08. The van der Waals surface area contributed by atoms with Crippen molar-refractivity contribution in [1.82, 2.24) is 5.48 Å². The van der Waals surface area contributed by atoms with Crippen LogP contribution in [0, 0.1) is 0 Å². The van der Waals surface area contributed by atoms with Gasteiger partial charge in [-0.1, -0.05) is 0 Å². The van der Waals surface area contributed by atoms with E-state index in [-0.39, 0.29) is 6.42 Å². The number of carboxylic acids is 1. The summed E-state index contributed by atoms with van der Waals surface area (Å²) in [7, 11) is 0. The molecule has 0 aromatic rings. The van der Waals surface area contributed by atoms with Crippen molar-refractivity contribution in [2.75, 3.05) is 12.0 Å². The number of carbonyl (C=O) groups is 1. The molecule has 0 aromatic carbocycles. The summed E-state index contributed by atoms with van der Waals surface area (Å²) < 4.78 is 34.6. The standard InChI is InChI=1S/C6H10F3NO3S/c1-14-3-2-4(5(11)12)10-13-6(7,8)9/h4,10H,2-3H2,1H3,(H,11,12). The van der Waals surface area contributed by atoms with Crippen molar-refractivity contribution in [3.63, 3.8) is 0 Å². The number of hydroxylamine groups is 1. The lowest BCUT2D eigenvalue weighted by molar-refractivity contribution is -0.353. The molecule has 0 rings (SSSR count). The van der Waals surface area contributed by atoms with Gasteiger partial charge < -0.3 is 5.11 Å². The van der Waals surface area contributed by atoms with Crippen molar-refractivity contribution >= 4 is 17.7 Å². The Kier molecular flexibility index (Phi) is 5.89. The quantitative estimate of drug-likeness (QED) is 0.676. The van der Waals surface area contributed by atoms with Crippen molar-refractivity contribution in [3.8, 4) is 0 Å². The Morgan fingerprint density at radius 2 is 2.21 bits per heavy atom. The van der Waals surface area contributed by atoms with Crippen LogP contribution in [-0.2, 0) is 9.63 Å². The maximum absolute atomic E-state index is 11.5. The van der Waals surface area contributed by atoms with Crippen LogP contribution in [0.5, 0.6) is 0 Å². The molecule has 84 valence electrons. The highest BCUT2D eigenvalue weighted by atomic mass is 32.2. The van der Waals surface area contributed by atoms with Gasteiger partial charge in [0.2, 0.25) is 0 Å². The Labute approximate surface area is 82.8 Å². The van der Waals surface area contributed by atoms with Gasteiger partial charge in [0.15, 0.2) is 0 Å². The van der Waals surface area contributed by atoms with Crippen LogP contribution in [0.15, 0.2) is 0 Å². The number of halogens is 3. The van der Waals surface area contributed by atoms with E-state index < -0.39 is 18.4 Å². The maximum Gasteiger partial charge on any atom is 0.538 e. The van der Waals surface area contributed by atoms with Crippen LogP contribution in [0.25, 0.3) is 0 Å². The molecular formula is C6H10F3NO3S. The molecule has 0 aromatic heterocycles. The van der Waals surface area contributed by atoms with Gasteiger partial charge in [0.1, 0.15) is 6.04 Å². The molecule has 0 radical (unpaired) electrons. The fourth-order valence-corrected chi connectivity index (χ4v) is 1.08. The van der Waals surface area contributed by atoms with Crippen LogP contribution in [-0.4, -0.2) is 35.5 Å². The third-order valence-corrected chi connectivity index (χ3v) is 1.87. The number of rotatable bonds is 6. The summed E-state index contributed by atoms with van der Waals surface area (Å²) in [6, 6.07) is -1.34. The van der Waals surface area contributed by atoms with Crippen LogP contribution in [0.1, 0.15) is 6.42 Å². The second-order valence-electron chi connectivity index (χ2n) is 2.34. The third kappa shape index (κ3) is 6.98. The van der Waals surface area contributed by atoms with Gasteiger partial charge in [-0.05, 0) is 18.4 Å². The maximum atomic E-state index is 11.5. The third-order valence-electron chi connectivity index (χ3n) is 1.23. The zero-order valence-electron chi connectivity index (χ0n) is 7.30. The molecule has 0 fully saturated rings. The van der Waals surface area contributed by atoms with Gasteiger partial charge in [-0.25, -0.2) is 4.84 Å². The highest BCUT2D eigenvalue weighted by Crippen LogP contribution is 2.15. The van der Waals surface area contributed by atoms with Crippen molar-refractivity contribution in [2.24, 2.45) is 0 Å². The topological polar surface area (TPSA) is 58.6 Å². The molecule has 0 spiro atoms. The van der Waals surface area contributed by atoms with E-state index in [9.17, 15) is 18.0 Å². The molecular weight excluding hydrogens is 223 g/mol. The average Bonchev–Trinajstić information content (AvgIpc) is 2.01. The van der Waals surface area contributed by atoms with E-state index in [4.69, 9.17) is 5.11 Å². The normalized spacial score (nSPS) is 14.0. The molecule has 14 heavy (non-hydrogen) atoms. The molecule has 8 heteroatoms. The lowest BCUT2D eigenvalue weighted by Crippen LogP contribution is -2.40. The van der Waals surface area contributed by atoms with E-state index in [2.05, 4.69) is 4.84 Å². The van der Waals surface area contributed by atoms with E-state index in [1.54, 1.807) is 6.26 Å². The van der Waals surface area contributed by atoms with Crippen LogP contribution < -0.4 is 5.48 Å². The van der Waals surface area contributed by atoms with E-state index in [0.717, 1.165) is 0 Å². The van der Waals surface area contributed by atoms with Crippen molar-refractivity contribution in [2.45, 2.75) is 18.8 Å². The van der Waals surface area contributed by atoms with Crippen LogP contribution in [0.2, 0.25) is 0 Å². The van der Waals surface area contributed by atoms with Crippen LogP contribution >= 0.6 is 11.8 Å². The Bertz CT molecular complexity index is 188. The van der Waals surface area contributed by atoms with Gasteiger partial charge in [0.05, 0.1) is 0 Å².